The molecule has 1 aliphatic rings. The molecule has 1 saturated heterocycles. The predicted molar refractivity (Wildman–Crippen MR) is 77.9 cm³/mol. The van der Waals surface area contributed by atoms with E-state index in [1.54, 1.807) is 30.3 Å². The number of hydrogen-bond acceptors (Lipinski definition) is 5. The van der Waals surface area contributed by atoms with E-state index in [0.29, 0.717) is 10.7 Å². The number of carbonyl (C=O) groups is 3. The van der Waals surface area contributed by atoms with Gasteiger partial charge in [0.15, 0.2) is 6.10 Å². The molecule has 0 aliphatic carbocycles. The highest BCUT2D eigenvalue weighted by Crippen LogP contribution is 2.31. The Hall–Kier alpha value is -2.28. The molecule has 1 aromatic rings. The van der Waals surface area contributed by atoms with Crippen LogP contribution in [-0.2, 0) is 9.59 Å². The highest BCUT2D eigenvalue weighted by atomic mass is 32.2. The van der Waals surface area contributed by atoms with Gasteiger partial charge < -0.3 is 9.84 Å². The number of imide groups is 1. The lowest BCUT2D eigenvalue weighted by Gasteiger charge is -2.10. The van der Waals surface area contributed by atoms with Crippen LogP contribution in [0.25, 0.3) is 6.08 Å². The molecule has 1 aromatic carbocycles. The summed E-state index contributed by atoms with van der Waals surface area (Å²) in [6.45, 7) is 1.44. The highest BCUT2D eigenvalue weighted by molar-refractivity contribution is 8.18. The van der Waals surface area contributed by atoms with E-state index in [0.717, 1.165) is 22.2 Å². The fourth-order valence-electron chi connectivity index (χ4n) is 1.59. The van der Waals surface area contributed by atoms with Crippen LogP contribution >= 0.6 is 11.8 Å². The van der Waals surface area contributed by atoms with Crippen molar-refractivity contribution in [3.63, 3.8) is 0 Å². The van der Waals surface area contributed by atoms with E-state index >= 15 is 0 Å². The van der Waals surface area contributed by atoms with Crippen molar-refractivity contribution in [3.05, 3.63) is 34.7 Å². The third-order valence-corrected chi connectivity index (χ3v) is 3.79. The number of ether oxygens (including phenoxy) is 1. The number of amides is 2. The molecule has 1 atom stereocenters. The van der Waals surface area contributed by atoms with Gasteiger partial charge in [-0.05, 0) is 42.5 Å². The Morgan fingerprint density at radius 3 is 2.43 bits per heavy atom. The minimum absolute atomic E-state index is 0.304. The Labute approximate surface area is 125 Å². The van der Waals surface area contributed by atoms with E-state index in [-0.39, 0.29) is 11.1 Å². The van der Waals surface area contributed by atoms with Gasteiger partial charge in [-0.25, -0.2) is 4.79 Å². The lowest BCUT2D eigenvalue weighted by Crippen LogP contribution is -2.22. The van der Waals surface area contributed by atoms with Gasteiger partial charge in [-0.15, -0.1) is 0 Å². The number of carbonyl (C=O) groups excluding carboxylic acids is 2. The van der Waals surface area contributed by atoms with Crippen LogP contribution in [0.3, 0.4) is 0 Å². The summed E-state index contributed by atoms with van der Waals surface area (Å²) in [5.74, 6) is -0.953. The van der Waals surface area contributed by atoms with Gasteiger partial charge in [0, 0.05) is 7.05 Å². The largest absolute Gasteiger partial charge is 0.479 e. The zero-order valence-corrected chi connectivity index (χ0v) is 12.2. The summed E-state index contributed by atoms with van der Waals surface area (Å²) in [5.41, 5.74) is 0.726. The second kappa shape index (κ2) is 6.01. The first-order valence-corrected chi connectivity index (χ1v) is 6.91. The van der Waals surface area contributed by atoms with Crippen LogP contribution in [0.2, 0.25) is 0 Å². The Balaban J connectivity index is 2.11. The standard InChI is InChI=1S/C14H13NO5S/c1-8(13(17)18)20-10-5-3-9(4-6-10)7-11-12(16)15(2)14(19)21-11/h3-8H,1-2H3,(H,17,18)/b11-7+. The van der Waals surface area contributed by atoms with Crippen LogP contribution in [0.1, 0.15) is 12.5 Å². The van der Waals surface area contributed by atoms with Gasteiger partial charge in [-0.3, -0.25) is 14.5 Å². The number of carboxylic acid groups (broad SMARTS) is 1. The van der Waals surface area contributed by atoms with Gasteiger partial charge in [0.2, 0.25) is 0 Å². The SMILES string of the molecule is CC(Oc1ccc(/C=C2/SC(=O)N(C)C2=O)cc1)C(=O)O. The number of hydrogen-bond donors (Lipinski definition) is 1. The van der Waals surface area contributed by atoms with Crippen molar-refractivity contribution in [1.82, 2.24) is 4.90 Å². The number of likely N-dealkylation sites (N-methyl/N-ethyl adjacent to an activating group) is 1. The molecule has 1 unspecified atom stereocenters. The number of aliphatic carboxylic acids is 1. The molecule has 0 saturated carbocycles. The quantitative estimate of drug-likeness (QED) is 0.859. The first kappa shape index (κ1) is 15.1. The minimum Gasteiger partial charge on any atom is -0.479 e. The van der Waals surface area contributed by atoms with Crippen molar-refractivity contribution in [2.45, 2.75) is 13.0 Å². The monoisotopic (exact) mass is 307 g/mol. The van der Waals surface area contributed by atoms with Gasteiger partial charge in [0.1, 0.15) is 5.75 Å². The van der Waals surface area contributed by atoms with Crippen molar-refractivity contribution in [1.29, 1.82) is 0 Å². The average molecular weight is 307 g/mol. The number of benzene rings is 1. The molecule has 1 aliphatic heterocycles. The van der Waals surface area contributed by atoms with E-state index in [4.69, 9.17) is 9.84 Å². The summed E-state index contributed by atoms with van der Waals surface area (Å²) < 4.78 is 5.20. The average Bonchev–Trinajstić information content (AvgIpc) is 2.68. The van der Waals surface area contributed by atoms with Gasteiger partial charge in [0.05, 0.1) is 4.91 Å². The van der Waals surface area contributed by atoms with E-state index in [9.17, 15) is 14.4 Å². The van der Waals surface area contributed by atoms with E-state index in [1.165, 1.54) is 14.0 Å². The van der Waals surface area contributed by atoms with Crippen molar-refractivity contribution in [2.75, 3.05) is 7.05 Å². The Bertz CT molecular complexity index is 623. The third kappa shape index (κ3) is 3.43. The fourth-order valence-corrected chi connectivity index (χ4v) is 2.42. The van der Waals surface area contributed by atoms with Crippen molar-refractivity contribution in [2.24, 2.45) is 0 Å². The van der Waals surface area contributed by atoms with Gasteiger partial charge >= 0.3 is 5.97 Å². The van der Waals surface area contributed by atoms with Gasteiger partial charge in [-0.2, -0.15) is 0 Å². The summed E-state index contributed by atoms with van der Waals surface area (Å²) in [5, 5.41) is 8.45. The summed E-state index contributed by atoms with van der Waals surface area (Å²) in [6.07, 6.45) is 0.672. The minimum atomic E-state index is -1.05. The second-order valence-electron chi connectivity index (χ2n) is 4.41. The summed E-state index contributed by atoms with van der Waals surface area (Å²) in [4.78, 5) is 35.2. The van der Waals surface area contributed by atoms with Crippen LogP contribution < -0.4 is 4.74 Å². The van der Waals surface area contributed by atoms with Crippen LogP contribution in [0, 0.1) is 0 Å². The number of thioether (sulfide) groups is 1. The Kier molecular flexibility index (Phi) is 4.32. The summed E-state index contributed by atoms with van der Waals surface area (Å²) in [6, 6.07) is 6.60. The molecular weight excluding hydrogens is 294 g/mol. The first-order valence-electron chi connectivity index (χ1n) is 6.09. The maximum Gasteiger partial charge on any atom is 0.344 e. The van der Waals surface area contributed by atoms with Gasteiger partial charge in [0.25, 0.3) is 11.1 Å². The summed E-state index contributed by atoms with van der Waals surface area (Å²) in [7, 11) is 1.43. The van der Waals surface area contributed by atoms with Crippen molar-refractivity contribution < 1.29 is 24.2 Å². The summed E-state index contributed by atoms with van der Waals surface area (Å²) >= 11 is 0.885. The molecule has 1 fully saturated rings. The van der Waals surface area contributed by atoms with Crippen molar-refractivity contribution in [3.8, 4) is 5.75 Å². The lowest BCUT2D eigenvalue weighted by molar-refractivity contribution is -0.144. The predicted octanol–water partition coefficient (Wildman–Crippen LogP) is 2.20. The maximum atomic E-state index is 11.7. The molecule has 2 amide bonds. The van der Waals surface area contributed by atoms with E-state index < -0.39 is 12.1 Å². The Morgan fingerprint density at radius 2 is 1.95 bits per heavy atom. The van der Waals surface area contributed by atoms with Gasteiger partial charge in [-0.1, -0.05) is 12.1 Å². The first-order chi connectivity index (χ1) is 9.88. The molecule has 0 spiro atoms. The number of rotatable bonds is 4. The molecule has 6 nitrogen and oxygen atoms in total. The lowest BCUT2D eigenvalue weighted by atomic mass is 10.2. The molecule has 0 radical (unpaired) electrons. The molecule has 110 valence electrons. The maximum absolute atomic E-state index is 11.7. The molecule has 0 bridgehead atoms. The molecule has 0 aromatic heterocycles. The topological polar surface area (TPSA) is 83.9 Å². The zero-order valence-electron chi connectivity index (χ0n) is 11.4. The smallest absolute Gasteiger partial charge is 0.344 e. The zero-order chi connectivity index (χ0) is 15.6. The molecule has 1 heterocycles. The van der Waals surface area contributed by atoms with Crippen molar-refractivity contribution >= 4 is 35.0 Å². The van der Waals surface area contributed by atoms with Crippen LogP contribution in [-0.4, -0.2) is 40.3 Å². The third-order valence-electron chi connectivity index (χ3n) is 2.83. The molecular formula is C14H13NO5S. The highest BCUT2D eigenvalue weighted by Gasteiger charge is 2.31. The normalized spacial score (nSPS) is 18.2. The van der Waals surface area contributed by atoms with Crippen LogP contribution in [0.4, 0.5) is 4.79 Å². The molecule has 21 heavy (non-hydrogen) atoms. The van der Waals surface area contributed by atoms with Crippen LogP contribution in [0.15, 0.2) is 29.2 Å². The molecule has 2 rings (SSSR count). The number of carboxylic acids is 1. The number of nitrogens with zero attached hydrogens (tertiary/aromatic N) is 1. The molecule has 7 heteroatoms. The van der Waals surface area contributed by atoms with Crippen LogP contribution in [0.5, 0.6) is 5.75 Å². The van der Waals surface area contributed by atoms with E-state index in [1.807, 2.05) is 0 Å². The fraction of sp³-hybridized carbons (Fsp3) is 0.214. The van der Waals surface area contributed by atoms with E-state index in [2.05, 4.69) is 0 Å². The Morgan fingerprint density at radius 1 is 1.33 bits per heavy atom. The second-order valence-corrected chi connectivity index (χ2v) is 5.40. The molecule has 1 N–H and O–H groups in total.